The number of hydrogen-bond donors (Lipinski definition) is 0. The first-order valence-electron chi connectivity index (χ1n) is 5.85. The minimum absolute atomic E-state index is 0.00817. The summed E-state index contributed by atoms with van der Waals surface area (Å²) in [5.74, 6) is -0.112. The van der Waals surface area contributed by atoms with Crippen molar-refractivity contribution in [3.05, 3.63) is 41.4 Å². The first-order chi connectivity index (χ1) is 8.47. The zero-order chi connectivity index (χ0) is 13.3. The third-order valence-corrected chi connectivity index (χ3v) is 2.75. The van der Waals surface area contributed by atoms with Crippen LogP contribution in [-0.4, -0.2) is 30.9 Å². The summed E-state index contributed by atoms with van der Waals surface area (Å²) in [6.07, 6.45) is 3.69. The number of hydrogen-bond acceptors (Lipinski definition) is 3. The molecule has 4 heteroatoms. The summed E-state index contributed by atoms with van der Waals surface area (Å²) in [5.41, 5.74) is 1.07. The van der Waals surface area contributed by atoms with Gasteiger partial charge in [-0.3, -0.25) is 4.79 Å². The lowest BCUT2D eigenvalue weighted by Gasteiger charge is -2.08. The number of allylic oxidation sites excluding steroid dienone is 1. The number of fused-ring (bicyclic) bond motifs is 1. The van der Waals surface area contributed by atoms with Gasteiger partial charge in [0.15, 0.2) is 5.78 Å². The van der Waals surface area contributed by atoms with Gasteiger partial charge in [-0.15, -0.1) is 0 Å². The van der Waals surface area contributed by atoms with Gasteiger partial charge in [0.25, 0.3) is 0 Å². The zero-order valence-electron chi connectivity index (χ0n) is 10.7. The van der Waals surface area contributed by atoms with Crippen LogP contribution in [0.25, 0.3) is 0 Å². The smallest absolute Gasteiger partial charge is 0.191 e. The molecule has 1 aliphatic rings. The van der Waals surface area contributed by atoms with Crippen LogP contribution in [0.4, 0.5) is 4.39 Å². The SMILES string of the molecule is CC1Cc2cc(F)cc(C(=O)/C=C/N(C)C)c2O1. The minimum Gasteiger partial charge on any atom is -0.489 e. The van der Waals surface area contributed by atoms with Gasteiger partial charge in [-0.05, 0) is 19.1 Å². The summed E-state index contributed by atoms with van der Waals surface area (Å²) in [4.78, 5) is 13.8. The molecule has 0 amide bonds. The van der Waals surface area contributed by atoms with E-state index in [0.29, 0.717) is 17.7 Å². The summed E-state index contributed by atoms with van der Waals surface area (Å²) >= 11 is 0. The maximum atomic E-state index is 13.5. The van der Waals surface area contributed by atoms with Gasteiger partial charge in [0.1, 0.15) is 17.7 Å². The second-order valence-electron chi connectivity index (χ2n) is 4.72. The molecule has 0 saturated carbocycles. The molecule has 0 aliphatic carbocycles. The first kappa shape index (κ1) is 12.6. The molecule has 1 unspecified atom stereocenters. The van der Waals surface area contributed by atoms with E-state index in [1.807, 2.05) is 21.0 Å². The lowest BCUT2D eigenvalue weighted by molar-refractivity contribution is 0.104. The van der Waals surface area contributed by atoms with Crippen molar-refractivity contribution in [2.24, 2.45) is 0 Å². The van der Waals surface area contributed by atoms with E-state index >= 15 is 0 Å². The highest BCUT2D eigenvalue weighted by molar-refractivity contribution is 6.06. The number of carbonyl (C=O) groups is 1. The quantitative estimate of drug-likeness (QED) is 0.608. The Balaban J connectivity index is 2.37. The molecule has 0 radical (unpaired) electrons. The molecule has 0 saturated heterocycles. The van der Waals surface area contributed by atoms with E-state index in [2.05, 4.69) is 0 Å². The molecule has 18 heavy (non-hydrogen) atoms. The van der Waals surface area contributed by atoms with E-state index in [-0.39, 0.29) is 11.9 Å². The normalized spacial score (nSPS) is 17.7. The van der Waals surface area contributed by atoms with E-state index in [1.54, 1.807) is 11.1 Å². The fourth-order valence-electron chi connectivity index (χ4n) is 1.98. The van der Waals surface area contributed by atoms with E-state index in [9.17, 15) is 9.18 Å². The van der Waals surface area contributed by atoms with Crippen LogP contribution in [0, 0.1) is 5.82 Å². The number of carbonyl (C=O) groups excluding carboxylic acids is 1. The Hall–Kier alpha value is -1.84. The van der Waals surface area contributed by atoms with Crippen molar-refractivity contribution < 1.29 is 13.9 Å². The summed E-state index contributed by atoms with van der Waals surface area (Å²) in [7, 11) is 3.64. The highest BCUT2D eigenvalue weighted by atomic mass is 19.1. The predicted octanol–water partition coefficient (Wildman–Crippen LogP) is 2.41. The molecule has 0 N–H and O–H groups in total. The molecule has 0 aromatic heterocycles. The van der Waals surface area contributed by atoms with Crippen molar-refractivity contribution in [3.63, 3.8) is 0 Å². The molecule has 96 valence electrons. The molecular formula is C14H16FNO2. The standard InChI is InChI=1S/C14H16FNO2/c1-9-6-10-7-11(15)8-12(14(10)18-9)13(17)4-5-16(2)3/h4-5,7-9H,6H2,1-3H3/b5-4+. The van der Waals surface area contributed by atoms with Crippen LogP contribution in [-0.2, 0) is 6.42 Å². The molecule has 0 spiro atoms. The van der Waals surface area contributed by atoms with Crippen molar-refractivity contribution in [2.45, 2.75) is 19.4 Å². The maximum Gasteiger partial charge on any atom is 0.191 e. The number of halogens is 1. The summed E-state index contributed by atoms with van der Waals surface area (Å²) < 4.78 is 19.1. The van der Waals surface area contributed by atoms with Crippen molar-refractivity contribution in [1.29, 1.82) is 0 Å². The lowest BCUT2D eigenvalue weighted by Crippen LogP contribution is -2.07. The Kier molecular flexibility index (Phi) is 3.36. The minimum atomic E-state index is -0.395. The van der Waals surface area contributed by atoms with Crippen LogP contribution < -0.4 is 4.74 Å². The molecule has 1 heterocycles. The molecule has 0 fully saturated rings. The lowest BCUT2D eigenvalue weighted by atomic mass is 10.0. The van der Waals surface area contributed by atoms with Gasteiger partial charge < -0.3 is 9.64 Å². The number of rotatable bonds is 3. The van der Waals surface area contributed by atoms with Crippen LogP contribution in [0.5, 0.6) is 5.75 Å². The van der Waals surface area contributed by atoms with Crippen LogP contribution in [0.15, 0.2) is 24.4 Å². The van der Waals surface area contributed by atoms with Gasteiger partial charge in [-0.1, -0.05) is 0 Å². The number of nitrogens with zero attached hydrogens (tertiary/aromatic N) is 1. The highest BCUT2D eigenvalue weighted by Crippen LogP contribution is 2.33. The Morgan fingerprint density at radius 3 is 2.89 bits per heavy atom. The van der Waals surface area contributed by atoms with Crippen LogP contribution >= 0.6 is 0 Å². The van der Waals surface area contributed by atoms with E-state index in [0.717, 1.165) is 5.56 Å². The Labute approximate surface area is 106 Å². The molecule has 1 aromatic rings. The van der Waals surface area contributed by atoms with Crippen LogP contribution in [0.2, 0.25) is 0 Å². The highest BCUT2D eigenvalue weighted by Gasteiger charge is 2.25. The average molecular weight is 249 g/mol. The predicted molar refractivity (Wildman–Crippen MR) is 67.4 cm³/mol. The second kappa shape index (κ2) is 4.80. The van der Waals surface area contributed by atoms with Gasteiger partial charge in [-0.25, -0.2) is 4.39 Å². The van der Waals surface area contributed by atoms with Crippen LogP contribution in [0.3, 0.4) is 0 Å². The summed E-state index contributed by atoms with van der Waals surface area (Å²) in [5, 5.41) is 0. The van der Waals surface area contributed by atoms with Crippen molar-refractivity contribution in [1.82, 2.24) is 4.90 Å². The van der Waals surface area contributed by atoms with E-state index in [1.165, 1.54) is 18.2 Å². The fraction of sp³-hybridized carbons (Fsp3) is 0.357. The molecule has 2 rings (SSSR count). The van der Waals surface area contributed by atoms with Crippen molar-refractivity contribution >= 4 is 5.78 Å². The molecular weight excluding hydrogens is 233 g/mol. The Morgan fingerprint density at radius 2 is 2.22 bits per heavy atom. The number of ketones is 1. The molecule has 0 bridgehead atoms. The van der Waals surface area contributed by atoms with E-state index in [4.69, 9.17) is 4.74 Å². The van der Waals surface area contributed by atoms with Gasteiger partial charge in [0, 0.05) is 38.4 Å². The Bertz CT molecular complexity index is 509. The van der Waals surface area contributed by atoms with Gasteiger partial charge >= 0.3 is 0 Å². The van der Waals surface area contributed by atoms with Gasteiger partial charge in [0.05, 0.1) is 5.56 Å². The summed E-state index contributed by atoms with van der Waals surface area (Å²) in [6, 6.07) is 2.67. The largest absolute Gasteiger partial charge is 0.489 e. The van der Waals surface area contributed by atoms with E-state index < -0.39 is 5.82 Å². The van der Waals surface area contributed by atoms with Crippen molar-refractivity contribution in [2.75, 3.05) is 14.1 Å². The fourth-order valence-corrected chi connectivity index (χ4v) is 1.98. The number of benzene rings is 1. The van der Waals surface area contributed by atoms with Crippen molar-refractivity contribution in [3.8, 4) is 5.75 Å². The molecule has 3 nitrogen and oxygen atoms in total. The summed E-state index contributed by atoms with van der Waals surface area (Å²) in [6.45, 7) is 1.90. The molecule has 1 atom stereocenters. The average Bonchev–Trinajstić information content (AvgIpc) is 2.64. The van der Waals surface area contributed by atoms with Gasteiger partial charge in [-0.2, -0.15) is 0 Å². The third-order valence-electron chi connectivity index (χ3n) is 2.75. The first-order valence-corrected chi connectivity index (χ1v) is 5.85. The second-order valence-corrected chi connectivity index (χ2v) is 4.72. The molecule has 1 aliphatic heterocycles. The monoisotopic (exact) mass is 249 g/mol. The van der Waals surface area contributed by atoms with Gasteiger partial charge in [0.2, 0.25) is 0 Å². The third kappa shape index (κ3) is 2.53. The number of ether oxygens (including phenoxy) is 1. The van der Waals surface area contributed by atoms with Crippen LogP contribution in [0.1, 0.15) is 22.8 Å². The molecule has 1 aromatic carbocycles. The topological polar surface area (TPSA) is 29.5 Å². The Morgan fingerprint density at radius 1 is 1.50 bits per heavy atom. The maximum absolute atomic E-state index is 13.5. The zero-order valence-corrected chi connectivity index (χ0v) is 10.7.